The molecule has 0 radical (unpaired) electrons. The Hall–Kier alpha value is -3.28. The van der Waals surface area contributed by atoms with Crippen LogP contribution >= 0.6 is 0 Å². The zero-order valence-electron chi connectivity index (χ0n) is 16.2. The highest BCUT2D eigenvalue weighted by Gasteiger charge is 2.28. The van der Waals surface area contributed by atoms with Crippen molar-refractivity contribution in [3.8, 4) is 5.75 Å². The van der Waals surface area contributed by atoms with Crippen LogP contribution in [0.25, 0.3) is 10.8 Å². The molecule has 31 heavy (non-hydrogen) atoms. The number of ether oxygens (including phenoxy) is 1. The summed E-state index contributed by atoms with van der Waals surface area (Å²) in [6.07, 6.45) is -0.921. The minimum absolute atomic E-state index is 0.116. The van der Waals surface area contributed by atoms with Crippen molar-refractivity contribution < 1.29 is 26.7 Å². The molecule has 9 nitrogen and oxygen atoms in total. The minimum atomic E-state index is -4.18. The number of likely N-dealkylation sites (tertiary alicyclic amines) is 1. The van der Waals surface area contributed by atoms with Crippen LogP contribution in [0.1, 0.15) is 23.3 Å². The molecule has 1 fully saturated rings. The van der Waals surface area contributed by atoms with Gasteiger partial charge in [-0.1, -0.05) is 24.3 Å². The van der Waals surface area contributed by atoms with Gasteiger partial charge in [0, 0.05) is 23.9 Å². The summed E-state index contributed by atoms with van der Waals surface area (Å²) in [5.74, 6) is -0.482. The summed E-state index contributed by atoms with van der Waals surface area (Å²) < 4.78 is 58.7. The number of benzene rings is 2. The van der Waals surface area contributed by atoms with Gasteiger partial charge in [0.15, 0.2) is 11.5 Å². The molecule has 0 aliphatic carbocycles. The van der Waals surface area contributed by atoms with E-state index in [9.17, 15) is 22.0 Å². The molecule has 1 amide bonds. The van der Waals surface area contributed by atoms with Crippen LogP contribution in [0.5, 0.6) is 5.75 Å². The molecule has 0 bridgehead atoms. The summed E-state index contributed by atoms with van der Waals surface area (Å²) in [5, 5.41) is 10.5. The maximum absolute atomic E-state index is 13.1. The summed E-state index contributed by atoms with van der Waals surface area (Å²) in [6, 6.07) is 8.96. The van der Waals surface area contributed by atoms with Gasteiger partial charge in [0.25, 0.3) is 22.4 Å². The average Bonchev–Trinajstić information content (AvgIpc) is 3.43. The second kappa shape index (κ2) is 8.46. The van der Waals surface area contributed by atoms with Crippen molar-refractivity contribution >= 4 is 32.5 Å². The summed E-state index contributed by atoms with van der Waals surface area (Å²) in [7, 11) is -4.18. The Morgan fingerprint density at radius 3 is 2.55 bits per heavy atom. The maximum atomic E-state index is 13.1. The third-order valence-corrected chi connectivity index (χ3v) is 6.27. The number of carbonyl (C=O) groups excluding carboxylic acids is 1. The van der Waals surface area contributed by atoms with Crippen LogP contribution in [0.3, 0.4) is 0 Å². The fraction of sp³-hybridized carbons (Fsp3) is 0.316. The molecule has 2 N–H and O–H groups in total. The number of anilines is 1. The predicted octanol–water partition coefficient (Wildman–Crippen LogP) is 2.64. The molecule has 0 unspecified atom stereocenters. The molecular formula is C19H19F2N5O4S. The van der Waals surface area contributed by atoms with Gasteiger partial charge in [-0.15, -0.1) is 10.2 Å². The number of rotatable bonds is 7. The van der Waals surface area contributed by atoms with E-state index in [0.29, 0.717) is 18.5 Å². The van der Waals surface area contributed by atoms with Crippen molar-refractivity contribution in [2.45, 2.75) is 24.2 Å². The van der Waals surface area contributed by atoms with Gasteiger partial charge in [0.05, 0.1) is 4.90 Å². The van der Waals surface area contributed by atoms with Crippen molar-refractivity contribution in [1.29, 1.82) is 0 Å². The largest absolute Gasteiger partial charge is 0.487 e. The van der Waals surface area contributed by atoms with E-state index in [2.05, 4.69) is 20.1 Å². The lowest BCUT2D eigenvalue weighted by Crippen LogP contribution is -2.29. The van der Waals surface area contributed by atoms with Crippen LogP contribution in [-0.4, -0.2) is 60.8 Å². The number of aromatic nitrogens is 3. The Morgan fingerprint density at radius 1 is 1.13 bits per heavy atom. The zero-order chi connectivity index (χ0) is 22.0. The van der Waals surface area contributed by atoms with E-state index >= 15 is 0 Å². The predicted molar refractivity (Wildman–Crippen MR) is 108 cm³/mol. The van der Waals surface area contributed by atoms with Crippen LogP contribution in [-0.2, 0) is 10.0 Å². The third kappa shape index (κ3) is 4.29. The van der Waals surface area contributed by atoms with Crippen LogP contribution in [0.15, 0.2) is 41.3 Å². The van der Waals surface area contributed by atoms with E-state index in [1.807, 2.05) is 0 Å². The number of sulfonamides is 1. The highest BCUT2D eigenvalue weighted by molar-refractivity contribution is 7.93. The molecule has 1 aromatic heterocycles. The molecule has 12 heteroatoms. The van der Waals surface area contributed by atoms with Crippen LogP contribution in [0, 0.1) is 0 Å². The molecule has 1 saturated heterocycles. The van der Waals surface area contributed by atoms with E-state index in [4.69, 9.17) is 4.74 Å². The number of fused-ring (bicyclic) bond motifs is 1. The minimum Gasteiger partial charge on any atom is -0.487 e. The Labute approximate surface area is 176 Å². The van der Waals surface area contributed by atoms with Crippen molar-refractivity contribution in [1.82, 2.24) is 20.3 Å². The first-order valence-electron chi connectivity index (χ1n) is 9.52. The smallest absolute Gasteiger partial charge is 0.278 e. The van der Waals surface area contributed by atoms with E-state index in [1.165, 1.54) is 18.2 Å². The first-order valence-corrected chi connectivity index (χ1v) is 11.0. The maximum Gasteiger partial charge on any atom is 0.278 e. The molecule has 0 saturated carbocycles. The lowest BCUT2D eigenvalue weighted by molar-refractivity contribution is 0.0787. The van der Waals surface area contributed by atoms with Crippen LogP contribution < -0.4 is 9.46 Å². The normalized spacial score (nSPS) is 14.4. The van der Waals surface area contributed by atoms with Crippen molar-refractivity contribution in [3.63, 3.8) is 0 Å². The molecule has 1 aliphatic rings. The first kappa shape index (κ1) is 21.0. The Morgan fingerprint density at radius 2 is 1.84 bits per heavy atom. The number of carbonyl (C=O) groups is 1. The summed E-state index contributed by atoms with van der Waals surface area (Å²) >= 11 is 0. The van der Waals surface area contributed by atoms with Gasteiger partial charge in [-0.05, 0) is 25.0 Å². The highest BCUT2D eigenvalue weighted by atomic mass is 32.2. The highest BCUT2D eigenvalue weighted by Crippen LogP contribution is 2.32. The fourth-order valence-electron chi connectivity index (χ4n) is 3.46. The second-order valence-corrected chi connectivity index (χ2v) is 8.59. The summed E-state index contributed by atoms with van der Waals surface area (Å²) in [4.78, 5) is 14.1. The van der Waals surface area contributed by atoms with Gasteiger partial charge < -0.3 is 9.64 Å². The Bertz CT molecular complexity index is 1210. The molecular weight excluding hydrogens is 432 g/mol. The number of hydrogen-bond acceptors (Lipinski definition) is 6. The molecule has 2 heterocycles. The van der Waals surface area contributed by atoms with Gasteiger partial charge in [-0.25, -0.2) is 17.2 Å². The zero-order valence-corrected chi connectivity index (χ0v) is 17.0. The molecule has 164 valence electrons. The van der Waals surface area contributed by atoms with Gasteiger partial charge in [-0.3, -0.25) is 9.52 Å². The number of halogens is 2. The summed E-state index contributed by atoms with van der Waals surface area (Å²) in [5.41, 5.74) is -0.119. The summed E-state index contributed by atoms with van der Waals surface area (Å²) in [6.45, 7) is 0.334. The van der Waals surface area contributed by atoms with Crippen LogP contribution in [0.2, 0.25) is 0 Å². The van der Waals surface area contributed by atoms with Gasteiger partial charge in [0.1, 0.15) is 12.4 Å². The molecule has 0 spiro atoms. The standard InChI is InChI=1S/C19H19F2N5O4S/c20-16(21)11-30-14-7-8-15(13-6-2-1-5-12(13)14)31(28,29)24-18-17(22-25-23-18)19(27)26-9-3-4-10-26/h1-2,5-8,16H,3-4,9-11H2,(H2,22,23,24,25). The number of nitrogens with zero attached hydrogens (tertiary/aromatic N) is 3. The van der Waals surface area contributed by atoms with Gasteiger partial charge >= 0.3 is 0 Å². The Balaban J connectivity index is 1.67. The number of nitrogens with one attached hydrogen (secondary N) is 2. The van der Waals surface area contributed by atoms with Crippen molar-refractivity contribution in [2.75, 3.05) is 24.4 Å². The molecule has 4 rings (SSSR count). The number of amides is 1. The SMILES string of the molecule is O=C(c1n[nH]nc1NS(=O)(=O)c1ccc(OCC(F)F)c2ccccc12)N1CCCC1. The van der Waals surface area contributed by atoms with E-state index in [1.54, 1.807) is 23.1 Å². The number of alkyl halides is 2. The topological polar surface area (TPSA) is 117 Å². The fourth-order valence-corrected chi connectivity index (χ4v) is 4.68. The van der Waals surface area contributed by atoms with Crippen molar-refractivity contribution in [2.24, 2.45) is 0 Å². The third-order valence-electron chi connectivity index (χ3n) is 4.87. The first-order chi connectivity index (χ1) is 14.9. The number of aromatic amines is 1. The van der Waals surface area contributed by atoms with Crippen LogP contribution in [0.4, 0.5) is 14.6 Å². The number of hydrogen-bond donors (Lipinski definition) is 2. The lowest BCUT2D eigenvalue weighted by atomic mass is 10.1. The lowest BCUT2D eigenvalue weighted by Gasteiger charge is -2.15. The van der Waals surface area contributed by atoms with Gasteiger partial charge in [-0.2, -0.15) is 5.21 Å². The number of H-pyrrole nitrogens is 1. The second-order valence-electron chi connectivity index (χ2n) is 6.94. The van der Waals surface area contributed by atoms with E-state index in [-0.39, 0.29) is 27.5 Å². The van der Waals surface area contributed by atoms with E-state index in [0.717, 1.165) is 12.8 Å². The molecule has 2 aromatic carbocycles. The molecule has 0 atom stereocenters. The van der Waals surface area contributed by atoms with E-state index < -0.39 is 29.0 Å². The molecule has 1 aliphatic heterocycles. The van der Waals surface area contributed by atoms with Gasteiger partial charge in [0.2, 0.25) is 0 Å². The quantitative estimate of drug-likeness (QED) is 0.570. The average molecular weight is 451 g/mol. The Kier molecular flexibility index (Phi) is 5.72. The monoisotopic (exact) mass is 451 g/mol. The molecule has 3 aromatic rings. The van der Waals surface area contributed by atoms with Crippen molar-refractivity contribution in [3.05, 3.63) is 42.1 Å².